The summed E-state index contributed by atoms with van der Waals surface area (Å²) in [6.45, 7) is 1.90. The SMILES string of the molecule is C/C=C\c1cccc(OC)c1O. The van der Waals surface area contributed by atoms with Crippen molar-refractivity contribution in [2.45, 2.75) is 6.92 Å². The predicted octanol–water partition coefficient (Wildman–Crippen LogP) is 2.43. The number of rotatable bonds is 2. The first-order valence-electron chi connectivity index (χ1n) is 3.78. The van der Waals surface area contributed by atoms with Crippen LogP contribution in [0.1, 0.15) is 12.5 Å². The summed E-state index contributed by atoms with van der Waals surface area (Å²) in [6, 6.07) is 5.40. The van der Waals surface area contributed by atoms with E-state index in [1.54, 1.807) is 6.07 Å². The average molecular weight is 164 g/mol. The summed E-state index contributed by atoms with van der Waals surface area (Å²) in [7, 11) is 1.54. The predicted molar refractivity (Wildman–Crippen MR) is 49.4 cm³/mol. The van der Waals surface area contributed by atoms with Gasteiger partial charge in [0.05, 0.1) is 7.11 Å². The lowest BCUT2D eigenvalue weighted by Gasteiger charge is -2.04. The third kappa shape index (κ3) is 1.59. The van der Waals surface area contributed by atoms with Gasteiger partial charge in [-0.25, -0.2) is 0 Å². The Morgan fingerprint density at radius 3 is 2.75 bits per heavy atom. The first-order valence-corrected chi connectivity index (χ1v) is 3.78. The van der Waals surface area contributed by atoms with Crippen molar-refractivity contribution in [1.29, 1.82) is 0 Å². The third-order valence-electron chi connectivity index (χ3n) is 1.60. The molecule has 1 N–H and O–H groups in total. The Hall–Kier alpha value is -1.44. The molecule has 0 spiro atoms. The summed E-state index contributed by atoms with van der Waals surface area (Å²) in [5.41, 5.74) is 0.775. The molecule has 0 aliphatic heterocycles. The molecule has 1 aromatic carbocycles. The number of hydrogen-bond donors (Lipinski definition) is 1. The van der Waals surface area contributed by atoms with Gasteiger partial charge in [-0.05, 0) is 13.0 Å². The van der Waals surface area contributed by atoms with E-state index in [0.717, 1.165) is 5.56 Å². The van der Waals surface area contributed by atoms with Gasteiger partial charge in [0.2, 0.25) is 0 Å². The van der Waals surface area contributed by atoms with Crippen LogP contribution in [-0.4, -0.2) is 12.2 Å². The molecule has 0 unspecified atom stereocenters. The lowest BCUT2D eigenvalue weighted by molar-refractivity contribution is 0.373. The highest BCUT2D eigenvalue weighted by molar-refractivity contribution is 5.61. The Morgan fingerprint density at radius 1 is 1.42 bits per heavy atom. The third-order valence-corrected chi connectivity index (χ3v) is 1.60. The highest BCUT2D eigenvalue weighted by Gasteiger charge is 2.02. The maximum atomic E-state index is 9.54. The minimum absolute atomic E-state index is 0.193. The van der Waals surface area contributed by atoms with Crippen LogP contribution in [0.2, 0.25) is 0 Å². The van der Waals surface area contributed by atoms with Crippen LogP contribution < -0.4 is 4.74 Å². The smallest absolute Gasteiger partial charge is 0.165 e. The molecule has 0 saturated heterocycles. The topological polar surface area (TPSA) is 29.5 Å². The van der Waals surface area contributed by atoms with Crippen molar-refractivity contribution in [3.63, 3.8) is 0 Å². The molecule has 1 aromatic rings. The summed E-state index contributed by atoms with van der Waals surface area (Å²) in [6.07, 6.45) is 3.70. The molecule has 0 aliphatic carbocycles. The Labute approximate surface area is 72.1 Å². The lowest BCUT2D eigenvalue weighted by atomic mass is 10.2. The molecular weight excluding hydrogens is 152 g/mol. The van der Waals surface area contributed by atoms with Crippen molar-refractivity contribution < 1.29 is 9.84 Å². The van der Waals surface area contributed by atoms with Crippen LogP contribution in [0.5, 0.6) is 11.5 Å². The number of phenolic OH excluding ortho intramolecular Hbond substituents is 1. The van der Waals surface area contributed by atoms with Gasteiger partial charge in [0.25, 0.3) is 0 Å². The molecule has 64 valence electrons. The van der Waals surface area contributed by atoms with E-state index in [2.05, 4.69) is 0 Å². The van der Waals surface area contributed by atoms with Crippen molar-refractivity contribution in [3.05, 3.63) is 29.8 Å². The molecule has 2 nitrogen and oxygen atoms in total. The van der Waals surface area contributed by atoms with E-state index in [4.69, 9.17) is 4.74 Å². The summed E-state index contributed by atoms with van der Waals surface area (Å²) < 4.78 is 4.95. The van der Waals surface area contributed by atoms with Crippen LogP contribution in [0.4, 0.5) is 0 Å². The molecule has 0 fully saturated rings. The number of benzene rings is 1. The fourth-order valence-electron chi connectivity index (χ4n) is 1.02. The van der Waals surface area contributed by atoms with E-state index in [1.807, 2.05) is 31.2 Å². The van der Waals surface area contributed by atoms with E-state index in [9.17, 15) is 5.11 Å². The number of phenols is 1. The van der Waals surface area contributed by atoms with Gasteiger partial charge in [-0.15, -0.1) is 0 Å². The van der Waals surface area contributed by atoms with Gasteiger partial charge in [-0.3, -0.25) is 0 Å². The standard InChI is InChI=1S/C10H12O2/c1-3-5-8-6-4-7-9(12-2)10(8)11/h3-7,11H,1-2H3/b5-3-. The second kappa shape index (κ2) is 3.81. The van der Waals surface area contributed by atoms with Crippen LogP contribution in [0, 0.1) is 0 Å². The highest BCUT2D eigenvalue weighted by atomic mass is 16.5. The molecule has 12 heavy (non-hydrogen) atoms. The summed E-state index contributed by atoms with van der Waals surface area (Å²) >= 11 is 0. The zero-order valence-corrected chi connectivity index (χ0v) is 7.24. The van der Waals surface area contributed by atoms with E-state index < -0.39 is 0 Å². The van der Waals surface area contributed by atoms with Gasteiger partial charge in [0.15, 0.2) is 11.5 Å². The molecule has 2 heteroatoms. The summed E-state index contributed by atoms with van der Waals surface area (Å²) in [4.78, 5) is 0. The average Bonchev–Trinajstić information content (AvgIpc) is 2.09. The van der Waals surface area contributed by atoms with Crippen LogP contribution >= 0.6 is 0 Å². The Bertz CT molecular complexity index is 290. The van der Waals surface area contributed by atoms with Crippen molar-refractivity contribution in [2.24, 2.45) is 0 Å². The van der Waals surface area contributed by atoms with E-state index in [0.29, 0.717) is 5.75 Å². The van der Waals surface area contributed by atoms with Crippen molar-refractivity contribution in [1.82, 2.24) is 0 Å². The molecule has 0 amide bonds. The van der Waals surface area contributed by atoms with Crippen LogP contribution in [0.25, 0.3) is 6.08 Å². The number of ether oxygens (including phenoxy) is 1. The van der Waals surface area contributed by atoms with Crippen molar-refractivity contribution in [3.8, 4) is 11.5 Å². The van der Waals surface area contributed by atoms with Gasteiger partial charge in [-0.1, -0.05) is 24.3 Å². The maximum Gasteiger partial charge on any atom is 0.165 e. The molecular formula is C10H12O2. The molecule has 0 bridgehead atoms. The first kappa shape index (κ1) is 8.65. The fourth-order valence-corrected chi connectivity index (χ4v) is 1.02. The van der Waals surface area contributed by atoms with Gasteiger partial charge in [-0.2, -0.15) is 0 Å². The van der Waals surface area contributed by atoms with E-state index in [1.165, 1.54) is 7.11 Å². The normalized spacial score (nSPS) is 10.5. The van der Waals surface area contributed by atoms with Crippen LogP contribution in [0.15, 0.2) is 24.3 Å². The highest BCUT2D eigenvalue weighted by Crippen LogP contribution is 2.29. The zero-order valence-electron chi connectivity index (χ0n) is 7.24. The quantitative estimate of drug-likeness (QED) is 0.727. The number of para-hydroxylation sites is 1. The Kier molecular flexibility index (Phi) is 2.75. The van der Waals surface area contributed by atoms with E-state index >= 15 is 0 Å². The molecule has 1 rings (SSSR count). The number of hydrogen-bond acceptors (Lipinski definition) is 2. The lowest BCUT2D eigenvalue weighted by Crippen LogP contribution is -1.84. The zero-order chi connectivity index (χ0) is 8.97. The Morgan fingerprint density at radius 2 is 2.17 bits per heavy atom. The molecule has 0 saturated carbocycles. The number of methoxy groups -OCH3 is 1. The first-order chi connectivity index (χ1) is 5.79. The van der Waals surface area contributed by atoms with Crippen LogP contribution in [-0.2, 0) is 0 Å². The molecule has 0 aliphatic rings. The second-order valence-corrected chi connectivity index (χ2v) is 2.40. The molecule has 0 aromatic heterocycles. The summed E-state index contributed by atoms with van der Waals surface area (Å²) in [5.74, 6) is 0.698. The second-order valence-electron chi connectivity index (χ2n) is 2.40. The van der Waals surface area contributed by atoms with E-state index in [-0.39, 0.29) is 5.75 Å². The van der Waals surface area contributed by atoms with Crippen LogP contribution in [0.3, 0.4) is 0 Å². The van der Waals surface area contributed by atoms with Crippen molar-refractivity contribution in [2.75, 3.05) is 7.11 Å². The van der Waals surface area contributed by atoms with Gasteiger partial charge < -0.3 is 9.84 Å². The Balaban J connectivity index is 3.13. The molecule has 0 heterocycles. The summed E-state index contributed by atoms with van der Waals surface area (Å²) in [5, 5.41) is 9.54. The van der Waals surface area contributed by atoms with Gasteiger partial charge in [0.1, 0.15) is 0 Å². The maximum absolute atomic E-state index is 9.54. The van der Waals surface area contributed by atoms with Crippen molar-refractivity contribution >= 4 is 6.08 Å². The minimum Gasteiger partial charge on any atom is -0.504 e. The number of allylic oxidation sites excluding steroid dienone is 1. The number of aromatic hydroxyl groups is 1. The monoisotopic (exact) mass is 164 g/mol. The minimum atomic E-state index is 0.193. The molecule has 0 atom stereocenters. The van der Waals surface area contributed by atoms with Gasteiger partial charge >= 0.3 is 0 Å². The van der Waals surface area contributed by atoms with Gasteiger partial charge in [0, 0.05) is 5.56 Å². The fraction of sp³-hybridized carbons (Fsp3) is 0.200. The largest absolute Gasteiger partial charge is 0.504 e. The molecule has 0 radical (unpaired) electrons.